The van der Waals surface area contributed by atoms with E-state index in [2.05, 4.69) is 0 Å². The quantitative estimate of drug-likeness (QED) is 0.679. The van der Waals surface area contributed by atoms with Crippen LogP contribution in [0, 0.1) is 0 Å². The van der Waals surface area contributed by atoms with Crippen molar-refractivity contribution in [2.24, 2.45) is 0 Å². The molecule has 1 amide bonds. The third-order valence-corrected chi connectivity index (χ3v) is 7.25. The first-order valence-corrected chi connectivity index (χ1v) is 11.4. The Hall–Kier alpha value is -2.22. The lowest BCUT2D eigenvalue weighted by Gasteiger charge is -2.23. The Kier molecular flexibility index (Phi) is 7.96. The van der Waals surface area contributed by atoms with E-state index in [1.165, 1.54) is 4.31 Å². The Bertz CT molecular complexity index is 895. The van der Waals surface area contributed by atoms with Crippen LogP contribution in [0.15, 0.2) is 59.5 Å². The highest BCUT2D eigenvalue weighted by Gasteiger charge is 2.25. The van der Waals surface area contributed by atoms with E-state index in [9.17, 15) is 13.2 Å². The fraction of sp³-hybridized carbons (Fsp3) is 0.409. The van der Waals surface area contributed by atoms with Crippen molar-refractivity contribution in [3.05, 3.63) is 60.2 Å². The maximum absolute atomic E-state index is 12.7. The lowest BCUT2D eigenvalue weighted by molar-refractivity contribution is -0.710. The first-order valence-electron chi connectivity index (χ1n) is 10.00. The Morgan fingerprint density at radius 2 is 1.52 bits per heavy atom. The van der Waals surface area contributed by atoms with Gasteiger partial charge < -0.3 is 10.2 Å². The largest absolute Gasteiger partial charge is 0.330 e. The predicted octanol–water partition coefficient (Wildman–Crippen LogP) is 2.39. The summed E-state index contributed by atoms with van der Waals surface area (Å²) in [5.41, 5.74) is 1.84. The highest BCUT2D eigenvalue weighted by Crippen LogP contribution is 2.18. The molecule has 0 aliphatic carbocycles. The van der Waals surface area contributed by atoms with Crippen LogP contribution in [0.5, 0.6) is 0 Å². The number of quaternary nitrogens is 1. The van der Waals surface area contributed by atoms with E-state index < -0.39 is 10.0 Å². The maximum atomic E-state index is 12.7. The molecule has 6 nitrogen and oxygen atoms in total. The van der Waals surface area contributed by atoms with Crippen LogP contribution in [-0.2, 0) is 14.8 Å². The third kappa shape index (κ3) is 5.44. The minimum absolute atomic E-state index is 0.0170. The summed E-state index contributed by atoms with van der Waals surface area (Å²) in [6.45, 7) is 8.45. The van der Waals surface area contributed by atoms with Crippen LogP contribution >= 0.6 is 0 Å². The van der Waals surface area contributed by atoms with Crippen molar-refractivity contribution in [1.82, 2.24) is 4.31 Å². The average Bonchev–Trinajstić information content (AvgIpc) is 2.74. The standard InChI is InChI=1S/C22H31N3O3S/c1-6-25(7-2)29(27,28)21-15-13-19(14-16-21)17(3)23-18(4)22(26)24(5)20-11-9-8-10-12-20/h8-18,23H,6-7H2,1-5H3/p+1/t17-,18-/m1/s1. The van der Waals surface area contributed by atoms with Gasteiger partial charge in [0.05, 0.1) is 4.90 Å². The van der Waals surface area contributed by atoms with Gasteiger partial charge in [-0.25, -0.2) is 8.42 Å². The first-order chi connectivity index (χ1) is 13.7. The number of para-hydroxylation sites is 1. The SMILES string of the molecule is CCN(CC)S(=O)(=O)c1ccc([C@@H](C)[NH2+][C@H](C)C(=O)N(C)c2ccccc2)cc1. The van der Waals surface area contributed by atoms with E-state index in [0.29, 0.717) is 18.0 Å². The molecule has 0 bridgehead atoms. The van der Waals surface area contributed by atoms with Gasteiger partial charge >= 0.3 is 0 Å². The van der Waals surface area contributed by atoms with Gasteiger partial charge in [0.2, 0.25) is 10.0 Å². The Morgan fingerprint density at radius 3 is 2.03 bits per heavy atom. The second kappa shape index (κ2) is 10.0. The monoisotopic (exact) mass is 418 g/mol. The van der Waals surface area contributed by atoms with Crippen molar-refractivity contribution < 1.29 is 18.5 Å². The molecule has 2 rings (SSSR count). The average molecular weight is 419 g/mol. The highest BCUT2D eigenvalue weighted by molar-refractivity contribution is 7.89. The van der Waals surface area contributed by atoms with E-state index in [4.69, 9.17) is 0 Å². The zero-order valence-electron chi connectivity index (χ0n) is 17.9. The molecule has 2 atom stereocenters. The summed E-state index contributed by atoms with van der Waals surface area (Å²) in [7, 11) is -1.68. The molecular weight excluding hydrogens is 386 g/mol. The van der Waals surface area contributed by atoms with Gasteiger partial charge in [-0.2, -0.15) is 4.31 Å². The van der Waals surface area contributed by atoms with E-state index >= 15 is 0 Å². The number of sulfonamides is 1. The van der Waals surface area contributed by atoms with Gasteiger partial charge in [-0.3, -0.25) is 4.79 Å². The number of rotatable bonds is 9. The number of carbonyl (C=O) groups excluding carboxylic acids is 1. The molecule has 0 saturated carbocycles. The molecule has 0 saturated heterocycles. The number of carbonyl (C=O) groups is 1. The Labute approximate surface area is 174 Å². The van der Waals surface area contributed by atoms with Crippen LogP contribution in [0.1, 0.15) is 39.3 Å². The Balaban J connectivity index is 2.07. The summed E-state index contributed by atoms with van der Waals surface area (Å²) in [5.74, 6) is 0.0174. The number of hydrogen-bond donors (Lipinski definition) is 1. The van der Waals surface area contributed by atoms with Crippen molar-refractivity contribution >= 4 is 21.6 Å². The van der Waals surface area contributed by atoms with Crippen LogP contribution in [0.25, 0.3) is 0 Å². The highest BCUT2D eigenvalue weighted by atomic mass is 32.2. The summed E-state index contributed by atoms with van der Waals surface area (Å²) >= 11 is 0. The fourth-order valence-corrected chi connectivity index (χ4v) is 4.82. The Morgan fingerprint density at radius 1 is 0.966 bits per heavy atom. The van der Waals surface area contributed by atoms with E-state index in [0.717, 1.165) is 11.3 Å². The molecule has 7 heteroatoms. The minimum Gasteiger partial charge on any atom is -0.330 e. The molecule has 0 unspecified atom stereocenters. The molecule has 0 spiro atoms. The van der Waals surface area contributed by atoms with Crippen molar-refractivity contribution in [3.63, 3.8) is 0 Å². The van der Waals surface area contributed by atoms with Gasteiger partial charge in [0, 0.05) is 31.4 Å². The summed E-state index contributed by atoms with van der Waals surface area (Å²) in [4.78, 5) is 14.7. The first kappa shape index (κ1) is 23.1. The lowest BCUT2D eigenvalue weighted by Crippen LogP contribution is -2.92. The number of benzene rings is 2. The van der Waals surface area contributed by atoms with Crippen molar-refractivity contribution in [3.8, 4) is 0 Å². The molecule has 0 aliphatic rings. The molecule has 2 N–H and O–H groups in total. The van der Waals surface area contributed by atoms with Crippen molar-refractivity contribution in [1.29, 1.82) is 0 Å². The molecule has 29 heavy (non-hydrogen) atoms. The maximum Gasteiger partial charge on any atom is 0.284 e. The van der Waals surface area contributed by atoms with Crippen molar-refractivity contribution in [2.75, 3.05) is 25.0 Å². The molecule has 0 aromatic heterocycles. The lowest BCUT2D eigenvalue weighted by atomic mass is 10.1. The van der Waals surface area contributed by atoms with Crippen LogP contribution in [-0.4, -0.2) is 44.8 Å². The van der Waals surface area contributed by atoms with Gasteiger partial charge in [0.15, 0.2) is 6.04 Å². The molecular formula is C22H32N3O3S+. The van der Waals surface area contributed by atoms with Gasteiger partial charge in [-0.05, 0) is 38.1 Å². The molecule has 2 aromatic carbocycles. The molecule has 0 fully saturated rings. The number of hydrogen-bond acceptors (Lipinski definition) is 3. The zero-order valence-corrected chi connectivity index (χ0v) is 18.7. The number of likely N-dealkylation sites (N-methyl/N-ethyl adjacent to an activating group) is 1. The second-order valence-electron chi connectivity index (χ2n) is 7.16. The fourth-order valence-electron chi connectivity index (χ4n) is 3.37. The summed E-state index contributed by atoms with van der Waals surface area (Å²) in [5, 5.41) is 2.00. The normalized spacial score (nSPS) is 13.9. The van der Waals surface area contributed by atoms with Gasteiger partial charge in [-0.15, -0.1) is 0 Å². The van der Waals surface area contributed by atoms with Crippen LogP contribution in [0.4, 0.5) is 5.69 Å². The predicted molar refractivity (Wildman–Crippen MR) is 116 cm³/mol. The molecule has 2 aromatic rings. The number of nitrogens with two attached hydrogens (primary N) is 1. The van der Waals surface area contributed by atoms with Crippen LogP contribution in [0.2, 0.25) is 0 Å². The van der Waals surface area contributed by atoms with E-state index in [1.54, 1.807) is 24.1 Å². The summed E-state index contributed by atoms with van der Waals surface area (Å²) < 4.78 is 26.7. The zero-order chi connectivity index (χ0) is 21.6. The van der Waals surface area contributed by atoms with E-state index in [-0.39, 0.29) is 18.0 Å². The number of amides is 1. The molecule has 158 valence electrons. The summed E-state index contributed by atoms with van der Waals surface area (Å²) in [6, 6.07) is 16.2. The summed E-state index contributed by atoms with van der Waals surface area (Å²) in [6.07, 6.45) is 0. The van der Waals surface area contributed by atoms with Crippen LogP contribution < -0.4 is 10.2 Å². The molecule has 0 aliphatic heterocycles. The van der Waals surface area contributed by atoms with E-state index in [1.807, 2.05) is 75.5 Å². The van der Waals surface area contributed by atoms with Gasteiger partial charge in [0.1, 0.15) is 6.04 Å². The van der Waals surface area contributed by atoms with Crippen molar-refractivity contribution in [2.45, 2.75) is 44.7 Å². The van der Waals surface area contributed by atoms with Gasteiger partial charge in [0.25, 0.3) is 5.91 Å². The van der Waals surface area contributed by atoms with Gasteiger partial charge in [-0.1, -0.05) is 44.2 Å². The number of nitrogens with zero attached hydrogens (tertiary/aromatic N) is 2. The van der Waals surface area contributed by atoms with Crippen LogP contribution in [0.3, 0.4) is 0 Å². The third-order valence-electron chi connectivity index (χ3n) is 5.19. The minimum atomic E-state index is -3.46. The molecule has 0 radical (unpaired) electrons. The number of anilines is 1. The smallest absolute Gasteiger partial charge is 0.284 e. The molecule has 0 heterocycles. The second-order valence-corrected chi connectivity index (χ2v) is 9.10. The topological polar surface area (TPSA) is 74.3 Å².